The minimum absolute atomic E-state index is 0.0982. The van der Waals surface area contributed by atoms with Crippen molar-refractivity contribution < 1.29 is 9.66 Å². The highest BCUT2D eigenvalue weighted by Gasteiger charge is 2.25. The van der Waals surface area contributed by atoms with Gasteiger partial charge in [-0.1, -0.05) is 0 Å². The lowest BCUT2D eigenvalue weighted by Crippen LogP contribution is -2.10. The van der Waals surface area contributed by atoms with Crippen LogP contribution in [0.5, 0.6) is 0 Å². The predicted octanol–water partition coefficient (Wildman–Crippen LogP) is 3.81. The van der Waals surface area contributed by atoms with Crippen LogP contribution < -0.4 is 4.90 Å². The summed E-state index contributed by atoms with van der Waals surface area (Å²) < 4.78 is 5.53. The normalized spacial score (nSPS) is 16.9. The maximum absolute atomic E-state index is 11.3. The third-order valence-electron chi connectivity index (χ3n) is 4.09. The summed E-state index contributed by atoms with van der Waals surface area (Å²) >= 11 is 1.58. The van der Waals surface area contributed by atoms with Crippen molar-refractivity contribution in [3.8, 4) is 10.6 Å². The Morgan fingerprint density at radius 3 is 2.87 bits per heavy atom. The monoisotopic (exact) mass is 333 g/mol. The molecule has 0 N–H and O–H groups in total. The van der Waals surface area contributed by atoms with Crippen LogP contribution in [0.2, 0.25) is 0 Å². The molecule has 0 aliphatic heterocycles. The van der Waals surface area contributed by atoms with Gasteiger partial charge in [0.2, 0.25) is 0 Å². The lowest BCUT2D eigenvalue weighted by atomic mass is 10.0. The highest BCUT2D eigenvalue weighted by Crippen LogP contribution is 2.41. The van der Waals surface area contributed by atoms with Crippen LogP contribution in [0.4, 0.5) is 11.4 Å². The lowest BCUT2D eigenvalue weighted by Gasteiger charge is -2.19. The number of nitro groups is 1. The molecule has 3 rings (SSSR count). The molecule has 1 unspecified atom stereocenters. The Morgan fingerprint density at radius 2 is 2.22 bits per heavy atom. The summed E-state index contributed by atoms with van der Waals surface area (Å²) in [4.78, 5) is 18.6. The van der Waals surface area contributed by atoms with E-state index in [1.165, 1.54) is 0 Å². The van der Waals surface area contributed by atoms with E-state index in [1.54, 1.807) is 49.6 Å². The highest BCUT2D eigenvalue weighted by molar-refractivity contribution is 7.15. The number of methoxy groups -OCH3 is 1. The molecule has 122 valence electrons. The topological polar surface area (TPSA) is 68.5 Å². The van der Waals surface area contributed by atoms with Crippen LogP contribution in [0.3, 0.4) is 0 Å². The Bertz CT molecular complexity index is 742. The number of hydrogen-bond acceptors (Lipinski definition) is 6. The molecular formula is C16H19N3O3S. The molecule has 0 saturated heterocycles. The zero-order valence-corrected chi connectivity index (χ0v) is 14.2. The van der Waals surface area contributed by atoms with Crippen molar-refractivity contribution >= 4 is 22.7 Å². The summed E-state index contributed by atoms with van der Waals surface area (Å²) in [6.45, 7) is 0. The molecule has 0 fully saturated rings. The lowest BCUT2D eigenvalue weighted by molar-refractivity contribution is -0.384. The smallest absolute Gasteiger partial charge is 0.293 e. The quantitative estimate of drug-likeness (QED) is 0.628. The molecule has 1 aromatic heterocycles. The summed E-state index contributed by atoms with van der Waals surface area (Å²) in [6, 6.07) is 5.29. The van der Waals surface area contributed by atoms with E-state index in [0.29, 0.717) is 5.69 Å². The van der Waals surface area contributed by atoms with Crippen molar-refractivity contribution in [3.05, 3.63) is 38.9 Å². The number of rotatable bonds is 4. The number of ether oxygens (including phenoxy) is 1. The van der Waals surface area contributed by atoms with Crippen LogP contribution in [-0.2, 0) is 11.2 Å². The zero-order chi connectivity index (χ0) is 16.6. The van der Waals surface area contributed by atoms with Gasteiger partial charge < -0.3 is 9.64 Å². The molecule has 0 saturated carbocycles. The van der Waals surface area contributed by atoms with Gasteiger partial charge in [-0.15, -0.1) is 11.3 Å². The minimum Gasteiger partial charge on any atom is -0.376 e. The van der Waals surface area contributed by atoms with E-state index in [0.717, 1.165) is 40.4 Å². The highest BCUT2D eigenvalue weighted by atomic mass is 32.1. The van der Waals surface area contributed by atoms with Crippen molar-refractivity contribution in [3.63, 3.8) is 0 Å². The number of aromatic nitrogens is 1. The van der Waals surface area contributed by atoms with E-state index in [2.05, 4.69) is 0 Å². The fourth-order valence-electron chi connectivity index (χ4n) is 2.91. The Hall–Kier alpha value is -1.99. The number of nitrogens with zero attached hydrogens (tertiary/aromatic N) is 3. The molecule has 1 aliphatic rings. The van der Waals surface area contributed by atoms with Crippen molar-refractivity contribution in [2.75, 3.05) is 26.1 Å². The number of thiazole rings is 1. The molecule has 7 heteroatoms. The SMILES string of the molecule is COC1CCCc2nc(-c3ccc(N(C)C)c([N+](=O)[O-])c3)sc21. The second-order valence-electron chi connectivity index (χ2n) is 5.80. The summed E-state index contributed by atoms with van der Waals surface area (Å²) in [5.74, 6) is 0. The molecule has 0 bridgehead atoms. The van der Waals surface area contributed by atoms with Gasteiger partial charge in [0.05, 0.1) is 21.6 Å². The van der Waals surface area contributed by atoms with E-state index in [-0.39, 0.29) is 16.7 Å². The largest absolute Gasteiger partial charge is 0.376 e. The average molecular weight is 333 g/mol. The second-order valence-corrected chi connectivity index (χ2v) is 6.83. The molecule has 6 nitrogen and oxygen atoms in total. The first-order valence-electron chi connectivity index (χ1n) is 7.49. The van der Waals surface area contributed by atoms with Crippen molar-refractivity contribution in [2.24, 2.45) is 0 Å². The van der Waals surface area contributed by atoms with Crippen LogP contribution in [0, 0.1) is 10.1 Å². The van der Waals surface area contributed by atoms with Crippen LogP contribution in [0.25, 0.3) is 10.6 Å². The molecular weight excluding hydrogens is 314 g/mol. The fraction of sp³-hybridized carbons (Fsp3) is 0.438. The third kappa shape index (κ3) is 2.94. The first kappa shape index (κ1) is 15.9. The Morgan fingerprint density at radius 1 is 1.43 bits per heavy atom. The van der Waals surface area contributed by atoms with Crippen molar-refractivity contribution in [1.29, 1.82) is 0 Å². The predicted molar refractivity (Wildman–Crippen MR) is 91.2 cm³/mol. The van der Waals surface area contributed by atoms with E-state index in [1.807, 2.05) is 6.07 Å². The summed E-state index contributed by atoms with van der Waals surface area (Å²) in [7, 11) is 5.32. The van der Waals surface area contributed by atoms with Gasteiger partial charge >= 0.3 is 0 Å². The summed E-state index contributed by atoms with van der Waals surface area (Å²) in [6.07, 6.45) is 3.11. The van der Waals surface area contributed by atoms with E-state index in [4.69, 9.17) is 9.72 Å². The molecule has 2 aromatic rings. The number of anilines is 1. The number of benzene rings is 1. The Kier molecular flexibility index (Phi) is 4.32. The molecule has 1 aromatic carbocycles. The minimum atomic E-state index is -0.343. The van der Waals surface area contributed by atoms with E-state index >= 15 is 0 Å². The molecule has 0 amide bonds. The van der Waals surface area contributed by atoms with E-state index in [9.17, 15) is 10.1 Å². The number of nitro benzene ring substituents is 1. The van der Waals surface area contributed by atoms with Crippen LogP contribution in [-0.4, -0.2) is 31.1 Å². The maximum Gasteiger partial charge on any atom is 0.293 e. The summed E-state index contributed by atoms with van der Waals surface area (Å²) in [5, 5.41) is 12.2. The Labute approximate surface area is 138 Å². The first-order valence-corrected chi connectivity index (χ1v) is 8.31. The van der Waals surface area contributed by atoms with Gasteiger partial charge in [-0.2, -0.15) is 0 Å². The zero-order valence-electron chi connectivity index (χ0n) is 13.4. The van der Waals surface area contributed by atoms with Gasteiger partial charge in [0, 0.05) is 32.8 Å². The summed E-state index contributed by atoms with van der Waals surface area (Å²) in [5.41, 5.74) is 2.55. The molecule has 1 atom stereocenters. The van der Waals surface area contributed by atoms with Gasteiger partial charge in [0.15, 0.2) is 0 Å². The molecule has 0 radical (unpaired) electrons. The van der Waals surface area contributed by atoms with Crippen molar-refractivity contribution in [2.45, 2.75) is 25.4 Å². The number of aryl methyl sites for hydroxylation is 1. The van der Waals surface area contributed by atoms with Crippen LogP contribution in [0.1, 0.15) is 29.5 Å². The third-order valence-corrected chi connectivity index (χ3v) is 5.32. The molecule has 0 spiro atoms. The Balaban J connectivity index is 2.04. The van der Waals surface area contributed by atoms with Gasteiger partial charge in [-0.05, 0) is 31.4 Å². The number of fused-ring (bicyclic) bond motifs is 1. The van der Waals surface area contributed by atoms with E-state index < -0.39 is 0 Å². The molecule has 1 aliphatic carbocycles. The standard InChI is InChI=1S/C16H19N3O3S/c1-18(2)12-8-7-10(9-13(12)19(20)21)16-17-11-5-4-6-14(22-3)15(11)23-16/h7-9,14H,4-6H2,1-3H3. The van der Waals surface area contributed by atoms with Gasteiger partial charge in [-0.25, -0.2) is 4.98 Å². The molecule has 23 heavy (non-hydrogen) atoms. The maximum atomic E-state index is 11.3. The number of hydrogen-bond donors (Lipinski definition) is 0. The molecule has 1 heterocycles. The van der Waals surface area contributed by atoms with Gasteiger partial charge in [-0.3, -0.25) is 10.1 Å². The second kappa shape index (κ2) is 6.25. The average Bonchev–Trinajstić information content (AvgIpc) is 2.98. The van der Waals surface area contributed by atoms with Crippen molar-refractivity contribution in [1.82, 2.24) is 4.98 Å². The van der Waals surface area contributed by atoms with Crippen LogP contribution >= 0.6 is 11.3 Å². The fourth-order valence-corrected chi connectivity index (χ4v) is 4.13. The van der Waals surface area contributed by atoms with Gasteiger partial charge in [0.25, 0.3) is 5.69 Å². The van der Waals surface area contributed by atoms with Crippen LogP contribution in [0.15, 0.2) is 18.2 Å². The van der Waals surface area contributed by atoms with Gasteiger partial charge in [0.1, 0.15) is 10.7 Å². The first-order chi connectivity index (χ1) is 11.0.